The zero-order chi connectivity index (χ0) is 7.11. The van der Waals surface area contributed by atoms with Crippen LogP contribution in [0.1, 0.15) is 19.3 Å². The van der Waals surface area contributed by atoms with Gasteiger partial charge in [-0.1, -0.05) is 5.16 Å². The van der Waals surface area contributed by atoms with Crippen molar-refractivity contribution < 1.29 is 15.1 Å². The molecule has 1 saturated carbocycles. The van der Waals surface area contributed by atoms with Crippen molar-refractivity contribution in [1.29, 1.82) is 0 Å². The summed E-state index contributed by atoms with van der Waals surface area (Å²) in [4.78, 5) is 8.36. The highest BCUT2D eigenvalue weighted by Crippen LogP contribution is 2.12. The van der Waals surface area contributed by atoms with E-state index in [2.05, 4.69) is 5.16 Å². The van der Waals surface area contributed by atoms with Crippen LogP contribution in [0.25, 0.3) is 0 Å². The van der Waals surface area contributed by atoms with Gasteiger partial charge in [-0.3, -0.25) is 4.79 Å². The van der Waals surface area contributed by atoms with Gasteiger partial charge in [0.1, 0.15) is 0 Å². The summed E-state index contributed by atoms with van der Waals surface area (Å²) >= 11 is 0. The van der Waals surface area contributed by atoms with E-state index in [1.807, 2.05) is 0 Å². The third kappa shape index (κ3) is 3.52. The summed E-state index contributed by atoms with van der Waals surface area (Å²) in [7, 11) is 0. The maximum absolute atomic E-state index is 8.36. The summed E-state index contributed by atoms with van der Waals surface area (Å²) in [6, 6.07) is 0. The molecule has 9 heavy (non-hydrogen) atoms. The second-order valence-corrected chi connectivity index (χ2v) is 1.63. The minimum absolute atomic E-state index is 0.250. The molecule has 1 aliphatic rings. The molecule has 1 rings (SSSR count). The van der Waals surface area contributed by atoms with Gasteiger partial charge in [0, 0.05) is 0 Å². The molecule has 0 saturated heterocycles. The number of oxime groups is 1. The van der Waals surface area contributed by atoms with Crippen LogP contribution in [-0.2, 0) is 4.79 Å². The van der Waals surface area contributed by atoms with E-state index in [1.165, 1.54) is 6.42 Å². The Morgan fingerprint density at radius 1 is 1.56 bits per heavy atom. The molecule has 0 aromatic heterocycles. The molecular weight excluding hydrogens is 122 g/mol. The molecule has 0 bridgehead atoms. The van der Waals surface area contributed by atoms with E-state index in [-0.39, 0.29) is 6.47 Å². The van der Waals surface area contributed by atoms with Gasteiger partial charge in [-0.15, -0.1) is 0 Å². The van der Waals surface area contributed by atoms with Crippen LogP contribution in [0.2, 0.25) is 0 Å². The van der Waals surface area contributed by atoms with Gasteiger partial charge in [0.2, 0.25) is 0 Å². The van der Waals surface area contributed by atoms with Crippen molar-refractivity contribution in [2.24, 2.45) is 5.16 Å². The Balaban J connectivity index is 0.000000187. The molecule has 0 aromatic rings. The molecule has 0 radical (unpaired) electrons. The van der Waals surface area contributed by atoms with Gasteiger partial charge in [0.15, 0.2) is 0 Å². The minimum Gasteiger partial charge on any atom is -0.483 e. The van der Waals surface area contributed by atoms with Gasteiger partial charge in [-0.05, 0) is 19.3 Å². The maximum atomic E-state index is 8.36. The lowest BCUT2D eigenvalue weighted by atomic mass is 9.98. The molecule has 52 valence electrons. The maximum Gasteiger partial charge on any atom is 0.290 e. The Morgan fingerprint density at radius 3 is 2.00 bits per heavy atom. The summed E-state index contributed by atoms with van der Waals surface area (Å²) in [6.45, 7) is -0.250. The van der Waals surface area contributed by atoms with Gasteiger partial charge in [0.05, 0.1) is 5.71 Å². The lowest BCUT2D eigenvalue weighted by molar-refractivity contribution is -0.122. The van der Waals surface area contributed by atoms with E-state index >= 15 is 0 Å². The smallest absolute Gasteiger partial charge is 0.290 e. The predicted molar refractivity (Wildman–Crippen MR) is 31.8 cm³/mol. The van der Waals surface area contributed by atoms with Crippen molar-refractivity contribution in [2.45, 2.75) is 19.3 Å². The summed E-state index contributed by atoms with van der Waals surface area (Å²) < 4.78 is 0. The molecule has 1 aliphatic carbocycles. The predicted octanol–water partition coefficient (Wildman–Crippen LogP) is 0.701. The van der Waals surface area contributed by atoms with Crippen LogP contribution in [0.15, 0.2) is 5.16 Å². The molecule has 1 fully saturated rings. The first-order chi connectivity index (χ1) is 4.35. The number of hydrogen-bond acceptors (Lipinski definition) is 3. The quantitative estimate of drug-likeness (QED) is 0.289. The first-order valence-electron chi connectivity index (χ1n) is 2.62. The topological polar surface area (TPSA) is 69.9 Å². The zero-order valence-corrected chi connectivity index (χ0v) is 4.95. The van der Waals surface area contributed by atoms with E-state index in [1.54, 1.807) is 0 Å². The van der Waals surface area contributed by atoms with Crippen LogP contribution in [-0.4, -0.2) is 22.5 Å². The van der Waals surface area contributed by atoms with Crippen LogP contribution < -0.4 is 0 Å². The van der Waals surface area contributed by atoms with Crippen LogP contribution in [0.5, 0.6) is 0 Å². The lowest BCUT2D eigenvalue weighted by Gasteiger charge is -2.10. The van der Waals surface area contributed by atoms with E-state index in [9.17, 15) is 0 Å². The molecule has 4 nitrogen and oxygen atoms in total. The zero-order valence-electron chi connectivity index (χ0n) is 4.95. The van der Waals surface area contributed by atoms with Crippen molar-refractivity contribution >= 4 is 12.2 Å². The van der Waals surface area contributed by atoms with Crippen LogP contribution >= 0.6 is 0 Å². The summed E-state index contributed by atoms with van der Waals surface area (Å²) in [6.07, 6.45) is 3.23. The largest absolute Gasteiger partial charge is 0.483 e. The Kier molecular flexibility index (Phi) is 4.49. The fourth-order valence-electron chi connectivity index (χ4n) is 0.435. The molecule has 0 spiro atoms. The highest BCUT2D eigenvalue weighted by Gasteiger charge is 2.08. The van der Waals surface area contributed by atoms with Crippen LogP contribution in [0.3, 0.4) is 0 Å². The highest BCUT2D eigenvalue weighted by molar-refractivity contribution is 5.88. The lowest BCUT2D eigenvalue weighted by Crippen LogP contribution is -2.08. The molecular formula is C5H9NO3. The average molecular weight is 131 g/mol. The number of carbonyl (C=O) groups is 1. The molecule has 4 heteroatoms. The van der Waals surface area contributed by atoms with Crippen molar-refractivity contribution in [3.05, 3.63) is 0 Å². The fraction of sp³-hybridized carbons (Fsp3) is 0.600. The third-order valence-corrected chi connectivity index (χ3v) is 1.07. The van der Waals surface area contributed by atoms with Crippen molar-refractivity contribution in [3.63, 3.8) is 0 Å². The van der Waals surface area contributed by atoms with Crippen LogP contribution in [0.4, 0.5) is 0 Å². The van der Waals surface area contributed by atoms with Gasteiger partial charge < -0.3 is 10.3 Å². The number of rotatable bonds is 0. The average Bonchev–Trinajstić information content (AvgIpc) is 1.64. The number of hydrogen-bond donors (Lipinski definition) is 2. The number of carboxylic acid groups (broad SMARTS) is 1. The van der Waals surface area contributed by atoms with Gasteiger partial charge in [0.25, 0.3) is 6.47 Å². The first-order valence-corrected chi connectivity index (χ1v) is 2.62. The summed E-state index contributed by atoms with van der Waals surface area (Å²) in [5, 5.41) is 17.9. The van der Waals surface area contributed by atoms with Gasteiger partial charge >= 0.3 is 0 Å². The van der Waals surface area contributed by atoms with Crippen molar-refractivity contribution in [2.75, 3.05) is 0 Å². The molecule has 0 amide bonds. The third-order valence-electron chi connectivity index (χ3n) is 1.07. The van der Waals surface area contributed by atoms with Gasteiger partial charge in [-0.2, -0.15) is 0 Å². The van der Waals surface area contributed by atoms with E-state index in [4.69, 9.17) is 15.1 Å². The number of nitrogens with zero attached hydrogens (tertiary/aromatic N) is 1. The molecule has 0 aromatic carbocycles. The SMILES string of the molecule is O=CO.ON=C1CCC1. The van der Waals surface area contributed by atoms with Crippen molar-refractivity contribution in [3.8, 4) is 0 Å². The normalized spacial score (nSPS) is 14.4. The summed E-state index contributed by atoms with van der Waals surface area (Å²) in [5.74, 6) is 0. The van der Waals surface area contributed by atoms with E-state index < -0.39 is 0 Å². The Hall–Kier alpha value is -1.06. The van der Waals surface area contributed by atoms with Crippen LogP contribution in [0, 0.1) is 0 Å². The highest BCUT2D eigenvalue weighted by atomic mass is 16.4. The van der Waals surface area contributed by atoms with E-state index in [0.717, 1.165) is 18.6 Å². The Labute approximate surface area is 52.8 Å². The molecule has 2 N–H and O–H groups in total. The molecule has 0 heterocycles. The first kappa shape index (κ1) is 7.94. The minimum atomic E-state index is -0.250. The Bertz CT molecular complexity index is 105. The van der Waals surface area contributed by atoms with E-state index in [0.29, 0.717) is 0 Å². The standard InChI is InChI=1S/C4H7NO.CH2O2/c6-5-4-2-1-3-4;2-1-3/h6H,1-3H2;1H,(H,2,3). The summed E-state index contributed by atoms with van der Waals surface area (Å²) in [5.41, 5.74) is 0.954. The molecule has 0 unspecified atom stereocenters. The Morgan fingerprint density at radius 2 is 2.00 bits per heavy atom. The molecule has 0 atom stereocenters. The monoisotopic (exact) mass is 131 g/mol. The van der Waals surface area contributed by atoms with Gasteiger partial charge in [-0.25, -0.2) is 0 Å². The second-order valence-electron chi connectivity index (χ2n) is 1.63. The fourth-order valence-corrected chi connectivity index (χ4v) is 0.435. The molecule has 0 aliphatic heterocycles. The van der Waals surface area contributed by atoms with Crippen molar-refractivity contribution in [1.82, 2.24) is 0 Å². The second kappa shape index (κ2) is 5.08.